The summed E-state index contributed by atoms with van der Waals surface area (Å²) in [5, 5.41) is 25.5. The number of benzene rings is 2. The molecule has 194 valence electrons. The monoisotopic (exact) mass is 502 g/mol. The first-order valence-electron chi connectivity index (χ1n) is 13.3. The number of allylic oxidation sites excluding steroid dienone is 2. The highest BCUT2D eigenvalue weighted by Gasteiger charge is 2.42. The molecule has 0 saturated carbocycles. The average Bonchev–Trinajstić information content (AvgIpc) is 2.91. The van der Waals surface area contributed by atoms with E-state index in [2.05, 4.69) is 12.2 Å². The van der Waals surface area contributed by atoms with Gasteiger partial charge in [-0.15, -0.1) is 0 Å². The van der Waals surface area contributed by atoms with Gasteiger partial charge in [-0.3, -0.25) is 19.7 Å². The first kappa shape index (κ1) is 26.3. The smallest absolute Gasteiger partial charge is 0.269 e. The highest BCUT2D eigenvalue weighted by Crippen LogP contribution is 2.46. The second-order valence-corrected chi connectivity index (χ2v) is 9.85. The minimum atomic E-state index is -0.663. The van der Waals surface area contributed by atoms with Crippen molar-refractivity contribution in [1.82, 2.24) is 0 Å². The number of nitro groups is 1. The molecule has 1 aliphatic heterocycles. The van der Waals surface area contributed by atoms with E-state index in [0.29, 0.717) is 12.0 Å². The topological polar surface area (TPSA) is 110 Å². The van der Waals surface area contributed by atoms with Crippen molar-refractivity contribution in [3.05, 3.63) is 92.4 Å². The summed E-state index contributed by atoms with van der Waals surface area (Å²) in [6.45, 7) is 2.21. The van der Waals surface area contributed by atoms with E-state index in [0.717, 1.165) is 36.9 Å². The highest BCUT2D eigenvalue weighted by atomic mass is 16.6. The van der Waals surface area contributed by atoms with Gasteiger partial charge in [0.05, 0.1) is 10.6 Å². The molecule has 2 aromatic rings. The van der Waals surface area contributed by atoms with Gasteiger partial charge in [-0.1, -0.05) is 88.6 Å². The van der Waals surface area contributed by atoms with Crippen molar-refractivity contribution >= 4 is 22.9 Å². The number of hydrogen-bond donors (Lipinski definition) is 2. The fourth-order valence-electron chi connectivity index (χ4n) is 5.29. The van der Waals surface area contributed by atoms with Crippen LogP contribution in [0.1, 0.15) is 88.2 Å². The molecule has 2 aliphatic rings. The third-order valence-electron chi connectivity index (χ3n) is 7.30. The van der Waals surface area contributed by atoms with Crippen LogP contribution >= 0.6 is 0 Å². The van der Waals surface area contributed by atoms with Crippen LogP contribution in [0.15, 0.2) is 71.1 Å². The Morgan fingerprint density at radius 1 is 0.865 bits per heavy atom. The summed E-state index contributed by atoms with van der Waals surface area (Å²) in [6, 6.07) is 13.4. The Morgan fingerprint density at radius 2 is 1.49 bits per heavy atom. The van der Waals surface area contributed by atoms with Crippen LogP contribution in [0, 0.1) is 10.1 Å². The average molecular weight is 503 g/mol. The number of unbranched alkanes of at least 4 members (excludes halogenated alkanes) is 8. The highest BCUT2D eigenvalue weighted by molar-refractivity contribution is 6.50. The maximum absolute atomic E-state index is 13.4. The summed E-state index contributed by atoms with van der Waals surface area (Å²) in [5.41, 5.74) is 2.69. The van der Waals surface area contributed by atoms with Crippen molar-refractivity contribution < 1.29 is 19.6 Å². The molecule has 4 rings (SSSR count). The summed E-state index contributed by atoms with van der Waals surface area (Å²) >= 11 is 0. The van der Waals surface area contributed by atoms with Crippen LogP contribution in [0.5, 0.6) is 0 Å². The molecule has 2 aromatic carbocycles. The van der Waals surface area contributed by atoms with Crippen molar-refractivity contribution in [1.29, 1.82) is 0 Å². The zero-order chi connectivity index (χ0) is 26.4. The van der Waals surface area contributed by atoms with Gasteiger partial charge in [0.15, 0.2) is 0 Å². The number of anilines is 1. The third-order valence-corrected chi connectivity index (χ3v) is 7.30. The van der Waals surface area contributed by atoms with Crippen LogP contribution in [0.3, 0.4) is 0 Å². The summed E-state index contributed by atoms with van der Waals surface area (Å²) in [5.74, 6) is -2.09. The number of nitrogens with zero attached hydrogens (tertiary/aromatic N) is 1. The van der Waals surface area contributed by atoms with Crippen molar-refractivity contribution in [3.8, 4) is 0 Å². The predicted molar refractivity (Wildman–Crippen MR) is 144 cm³/mol. The van der Waals surface area contributed by atoms with Crippen LogP contribution in [0.4, 0.5) is 11.4 Å². The number of aliphatic hydroxyl groups is 1. The minimum Gasteiger partial charge on any atom is -0.505 e. The molecule has 1 heterocycles. The quantitative estimate of drug-likeness (QED) is 0.104. The zero-order valence-electron chi connectivity index (χ0n) is 21.3. The van der Waals surface area contributed by atoms with Crippen LogP contribution in [0.2, 0.25) is 0 Å². The molecular weight excluding hydrogens is 468 g/mol. The molecule has 1 aliphatic carbocycles. The number of ketones is 2. The molecule has 0 spiro atoms. The second kappa shape index (κ2) is 12.0. The van der Waals surface area contributed by atoms with Gasteiger partial charge in [-0.25, -0.2) is 0 Å². The molecule has 7 heteroatoms. The number of fused-ring (bicyclic) bond motifs is 1. The van der Waals surface area contributed by atoms with Crippen LogP contribution < -0.4 is 5.32 Å². The summed E-state index contributed by atoms with van der Waals surface area (Å²) in [4.78, 5) is 37.3. The Balaban J connectivity index is 1.56. The Labute approximate surface area is 217 Å². The lowest BCUT2D eigenvalue weighted by Gasteiger charge is -2.33. The number of para-hydroxylation sites is 1. The number of carbonyl (C=O) groups is 2. The molecule has 0 saturated heterocycles. The second-order valence-electron chi connectivity index (χ2n) is 9.85. The number of rotatable bonds is 12. The standard InChI is InChI=1S/C30H34N2O5/c1-2-3-4-5-6-7-8-9-10-14-23-28(33)27-26(30(35)29(23)34)25(22-13-11-12-15-24(22)31-27)20-16-18-21(19-17-20)32(36)37/h11-13,15-19,25,31,33H,2-10,14H2,1H3. The van der Waals surface area contributed by atoms with Gasteiger partial charge in [0.25, 0.3) is 5.69 Å². The number of nitrogens with one attached hydrogen (secondary N) is 1. The van der Waals surface area contributed by atoms with E-state index >= 15 is 0 Å². The number of hydrogen-bond acceptors (Lipinski definition) is 6. The first-order chi connectivity index (χ1) is 17.9. The summed E-state index contributed by atoms with van der Waals surface area (Å²) in [7, 11) is 0. The Hall–Kier alpha value is -3.74. The fraction of sp³-hybridized carbons (Fsp3) is 0.400. The number of aliphatic hydroxyl groups excluding tert-OH is 1. The number of carbonyl (C=O) groups excluding carboxylic acids is 2. The van der Waals surface area contributed by atoms with E-state index in [9.17, 15) is 24.8 Å². The van der Waals surface area contributed by atoms with Crippen LogP contribution in [0.25, 0.3) is 0 Å². The minimum absolute atomic E-state index is 0.0581. The van der Waals surface area contributed by atoms with Crippen LogP contribution in [-0.4, -0.2) is 21.6 Å². The van der Waals surface area contributed by atoms with Crippen molar-refractivity contribution in [2.24, 2.45) is 0 Å². The van der Waals surface area contributed by atoms with E-state index in [1.54, 1.807) is 12.1 Å². The van der Waals surface area contributed by atoms with Crippen molar-refractivity contribution in [2.45, 2.75) is 77.0 Å². The lowest BCUT2D eigenvalue weighted by atomic mass is 9.74. The maximum atomic E-state index is 13.4. The molecule has 1 unspecified atom stereocenters. The lowest BCUT2D eigenvalue weighted by Crippen LogP contribution is -2.34. The van der Waals surface area contributed by atoms with Gasteiger partial charge in [-0.05, 0) is 30.0 Å². The SMILES string of the molecule is CCCCCCCCCCCC1=C(O)C2=C(C(=O)C1=O)C(c1ccc([N+](=O)[O-])cc1)c1ccccc1N2. The largest absolute Gasteiger partial charge is 0.505 e. The van der Waals surface area contributed by atoms with E-state index in [1.165, 1.54) is 44.2 Å². The first-order valence-corrected chi connectivity index (χ1v) is 13.3. The molecule has 0 aromatic heterocycles. The number of nitro benzene ring substituents is 1. The van der Waals surface area contributed by atoms with Gasteiger partial charge >= 0.3 is 0 Å². The van der Waals surface area contributed by atoms with E-state index in [-0.39, 0.29) is 28.3 Å². The molecule has 0 fully saturated rings. The van der Waals surface area contributed by atoms with E-state index in [4.69, 9.17) is 0 Å². The van der Waals surface area contributed by atoms with Crippen LogP contribution in [-0.2, 0) is 9.59 Å². The Morgan fingerprint density at radius 3 is 2.14 bits per heavy atom. The van der Waals surface area contributed by atoms with Gasteiger partial charge in [-0.2, -0.15) is 0 Å². The molecule has 1 atom stereocenters. The van der Waals surface area contributed by atoms with Gasteiger partial charge in [0.1, 0.15) is 5.76 Å². The van der Waals surface area contributed by atoms with Gasteiger partial charge in [0.2, 0.25) is 11.6 Å². The van der Waals surface area contributed by atoms with Crippen molar-refractivity contribution in [2.75, 3.05) is 5.32 Å². The lowest BCUT2D eigenvalue weighted by molar-refractivity contribution is -0.384. The summed E-state index contributed by atoms with van der Waals surface area (Å²) < 4.78 is 0. The normalized spacial score (nSPS) is 16.9. The van der Waals surface area contributed by atoms with Gasteiger partial charge < -0.3 is 10.4 Å². The third kappa shape index (κ3) is 5.66. The number of non-ortho nitro benzene ring substituents is 1. The van der Waals surface area contributed by atoms with E-state index < -0.39 is 22.4 Å². The maximum Gasteiger partial charge on any atom is 0.269 e. The molecule has 37 heavy (non-hydrogen) atoms. The Bertz CT molecular complexity index is 1240. The van der Waals surface area contributed by atoms with E-state index in [1.807, 2.05) is 24.3 Å². The zero-order valence-corrected chi connectivity index (χ0v) is 21.3. The summed E-state index contributed by atoms with van der Waals surface area (Å²) in [6.07, 6.45) is 10.5. The molecule has 0 amide bonds. The Kier molecular flexibility index (Phi) is 8.54. The fourth-order valence-corrected chi connectivity index (χ4v) is 5.29. The predicted octanol–water partition coefficient (Wildman–Crippen LogP) is 7.29. The molecule has 0 bridgehead atoms. The number of Topliss-reactive ketones (excluding diaryl/α,β-unsaturated/α-hetero) is 2. The van der Waals surface area contributed by atoms with Gasteiger partial charge in [0, 0.05) is 34.9 Å². The van der Waals surface area contributed by atoms with Crippen molar-refractivity contribution in [3.63, 3.8) is 0 Å². The molecule has 0 radical (unpaired) electrons. The molecular formula is C30H34N2O5. The molecule has 7 nitrogen and oxygen atoms in total. The molecule has 2 N–H and O–H groups in total.